The summed E-state index contributed by atoms with van der Waals surface area (Å²) >= 11 is 0. The summed E-state index contributed by atoms with van der Waals surface area (Å²) in [5, 5.41) is 5.06. The average molecular weight is 440 g/mol. The number of methoxy groups -OCH3 is 3. The Kier molecular flexibility index (Phi) is 9.26. The number of para-hydroxylation sites is 1. The largest absolute Gasteiger partial charge is 0.493 e. The van der Waals surface area contributed by atoms with E-state index in [1.54, 1.807) is 21.3 Å². The fraction of sp³-hybridized carbons (Fsp3) is 0.462. The lowest BCUT2D eigenvalue weighted by molar-refractivity contribution is 0.323. The smallest absolute Gasteiger partial charge is 0.203 e. The molecule has 3 aromatic rings. The maximum absolute atomic E-state index is 5.79. The monoisotopic (exact) mass is 439 g/mol. The van der Waals surface area contributed by atoms with Crippen LogP contribution >= 0.6 is 0 Å². The quantitative estimate of drug-likeness (QED) is 0.314. The number of aryl methyl sites for hydroxylation is 1. The number of hydrogen-bond acceptors (Lipinski definition) is 5. The molecular formula is C26H37N3O3. The van der Waals surface area contributed by atoms with Crippen LogP contribution in [0.1, 0.15) is 43.2 Å². The van der Waals surface area contributed by atoms with Gasteiger partial charge in [-0.05, 0) is 68.0 Å². The Morgan fingerprint density at radius 2 is 1.66 bits per heavy atom. The molecular weight excluding hydrogens is 402 g/mol. The summed E-state index contributed by atoms with van der Waals surface area (Å²) in [6.45, 7) is 1.46. The Balaban J connectivity index is 1.54. The van der Waals surface area contributed by atoms with Gasteiger partial charge in [-0.2, -0.15) is 0 Å². The van der Waals surface area contributed by atoms with Gasteiger partial charge in [0.15, 0.2) is 11.5 Å². The van der Waals surface area contributed by atoms with Crippen LogP contribution in [0, 0.1) is 0 Å². The SMILES string of the molecule is COc1cc(CNC(CCCN)CCCCc2c[nH]c3ccccc23)cc(OC)c1OC. The Labute approximate surface area is 191 Å². The van der Waals surface area contributed by atoms with Crippen LogP contribution < -0.4 is 25.3 Å². The van der Waals surface area contributed by atoms with Gasteiger partial charge >= 0.3 is 0 Å². The average Bonchev–Trinajstić information content (AvgIpc) is 3.25. The van der Waals surface area contributed by atoms with Crippen LogP contribution in [0.25, 0.3) is 10.9 Å². The third-order valence-corrected chi connectivity index (χ3v) is 6.00. The molecule has 0 fully saturated rings. The van der Waals surface area contributed by atoms with Crippen LogP contribution in [0.15, 0.2) is 42.6 Å². The van der Waals surface area contributed by atoms with Crippen molar-refractivity contribution in [3.8, 4) is 17.2 Å². The third-order valence-electron chi connectivity index (χ3n) is 6.00. The number of ether oxygens (including phenoxy) is 3. The molecule has 0 bridgehead atoms. The van der Waals surface area contributed by atoms with Crippen LogP contribution in [0.4, 0.5) is 0 Å². The van der Waals surface area contributed by atoms with Crippen molar-refractivity contribution in [2.75, 3.05) is 27.9 Å². The highest BCUT2D eigenvalue weighted by Gasteiger charge is 2.14. The van der Waals surface area contributed by atoms with E-state index in [-0.39, 0.29) is 0 Å². The summed E-state index contributed by atoms with van der Waals surface area (Å²) in [5.74, 6) is 1.98. The molecule has 1 unspecified atom stereocenters. The van der Waals surface area contributed by atoms with E-state index in [4.69, 9.17) is 19.9 Å². The molecule has 0 saturated heterocycles. The molecule has 1 atom stereocenters. The fourth-order valence-corrected chi connectivity index (χ4v) is 4.26. The summed E-state index contributed by atoms with van der Waals surface area (Å²) in [4.78, 5) is 3.38. The van der Waals surface area contributed by atoms with Gasteiger partial charge in [-0.25, -0.2) is 0 Å². The summed E-state index contributed by atoms with van der Waals surface area (Å²) < 4.78 is 16.4. The first kappa shape index (κ1) is 24.0. The minimum Gasteiger partial charge on any atom is -0.493 e. The molecule has 0 saturated carbocycles. The molecule has 0 aliphatic rings. The molecule has 32 heavy (non-hydrogen) atoms. The van der Waals surface area contributed by atoms with Crippen molar-refractivity contribution in [3.05, 3.63) is 53.7 Å². The van der Waals surface area contributed by atoms with Crippen molar-refractivity contribution in [2.24, 2.45) is 5.73 Å². The van der Waals surface area contributed by atoms with Gasteiger partial charge in [-0.3, -0.25) is 0 Å². The molecule has 1 heterocycles. The lowest BCUT2D eigenvalue weighted by Gasteiger charge is -2.20. The number of H-pyrrole nitrogens is 1. The number of nitrogens with one attached hydrogen (secondary N) is 2. The van der Waals surface area contributed by atoms with Gasteiger partial charge in [0, 0.05) is 29.7 Å². The highest BCUT2D eigenvalue weighted by atomic mass is 16.5. The van der Waals surface area contributed by atoms with Gasteiger partial charge < -0.3 is 30.2 Å². The normalized spacial score (nSPS) is 12.1. The molecule has 0 aliphatic carbocycles. The first-order valence-corrected chi connectivity index (χ1v) is 11.5. The number of benzene rings is 2. The lowest BCUT2D eigenvalue weighted by atomic mass is 10.0. The van der Waals surface area contributed by atoms with Crippen molar-refractivity contribution in [3.63, 3.8) is 0 Å². The highest BCUT2D eigenvalue weighted by Crippen LogP contribution is 2.38. The zero-order valence-corrected chi connectivity index (χ0v) is 19.6. The molecule has 0 aliphatic heterocycles. The van der Waals surface area contributed by atoms with Crippen molar-refractivity contribution in [2.45, 2.75) is 51.1 Å². The number of unbranched alkanes of at least 4 members (excludes halogenated alkanes) is 1. The Morgan fingerprint density at radius 3 is 2.34 bits per heavy atom. The summed E-state index contributed by atoms with van der Waals surface area (Å²) in [5.41, 5.74) is 9.52. The Hall–Kier alpha value is -2.70. The summed E-state index contributed by atoms with van der Waals surface area (Å²) in [6, 6.07) is 13.0. The second kappa shape index (κ2) is 12.4. The first-order valence-electron chi connectivity index (χ1n) is 11.5. The predicted molar refractivity (Wildman–Crippen MR) is 131 cm³/mol. The molecule has 1 aromatic heterocycles. The Morgan fingerprint density at radius 1 is 0.938 bits per heavy atom. The van der Waals surface area contributed by atoms with Gasteiger partial charge in [-0.1, -0.05) is 24.6 Å². The number of aromatic nitrogens is 1. The van der Waals surface area contributed by atoms with Gasteiger partial charge in [0.1, 0.15) is 0 Å². The summed E-state index contributed by atoms with van der Waals surface area (Å²) in [7, 11) is 4.91. The van der Waals surface area contributed by atoms with Crippen molar-refractivity contribution < 1.29 is 14.2 Å². The van der Waals surface area contributed by atoms with Gasteiger partial charge in [-0.15, -0.1) is 0 Å². The molecule has 4 N–H and O–H groups in total. The van der Waals surface area contributed by atoms with Gasteiger partial charge in [0.25, 0.3) is 0 Å². The molecule has 6 nitrogen and oxygen atoms in total. The first-order chi connectivity index (χ1) is 15.7. The van der Waals surface area contributed by atoms with E-state index in [9.17, 15) is 0 Å². The zero-order valence-electron chi connectivity index (χ0n) is 19.6. The van der Waals surface area contributed by atoms with Gasteiger partial charge in [0.2, 0.25) is 5.75 Å². The molecule has 2 aromatic carbocycles. The zero-order chi connectivity index (χ0) is 22.8. The van der Waals surface area contributed by atoms with E-state index in [0.29, 0.717) is 23.3 Å². The molecule has 3 rings (SSSR count). The second-order valence-electron chi connectivity index (χ2n) is 8.15. The maximum atomic E-state index is 5.79. The van der Waals surface area contributed by atoms with E-state index in [1.807, 2.05) is 12.1 Å². The molecule has 0 amide bonds. The van der Waals surface area contributed by atoms with Crippen molar-refractivity contribution in [1.29, 1.82) is 0 Å². The topological polar surface area (TPSA) is 81.5 Å². The van der Waals surface area contributed by atoms with Crippen LogP contribution in [0.5, 0.6) is 17.2 Å². The van der Waals surface area contributed by atoms with E-state index < -0.39 is 0 Å². The number of rotatable bonds is 14. The second-order valence-corrected chi connectivity index (χ2v) is 8.15. The number of hydrogen-bond donors (Lipinski definition) is 3. The predicted octanol–water partition coefficient (Wildman–Crippen LogP) is 4.80. The van der Waals surface area contributed by atoms with Crippen LogP contribution in [0.3, 0.4) is 0 Å². The number of aromatic amines is 1. The van der Waals surface area contributed by atoms with Crippen molar-refractivity contribution >= 4 is 10.9 Å². The molecule has 6 heteroatoms. The van der Waals surface area contributed by atoms with E-state index in [2.05, 4.69) is 40.8 Å². The molecule has 174 valence electrons. The number of fused-ring (bicyclic) bond motifs is 1. The lowest BCUT2D eigenvalue weighted by Crippen LogP contribution is -2.29. The van der Waals surface area contributed by atoms with Crippen LogP contribution in [0.2, 0.25) is 0 Å². The molecule has 0 radical (unpaired) electrons. The van der Waals surface area contributed by atoms with E-state index in [1.165, 1.54) is 29.3 Å². The van der Waals surface area contributed by atoms with E-state index >= 15 is 0 Å². The molecule has 0 spiro atoms. The number of nitrogens with two attached hydrogens (primary N) is 1. The summed E-state index contributed by atoms with van der Waals surface area (Å²) in [6.07, 6.45) is 8.83. The van der Waals surface area contributed by atoms with Gasteiger partial charge in [0.05, 0.1) is 21.3 Å². The minimum atomic E-state index is 0.431. The minimum absolute atomic E-state index is 0.431. The standard InChI is InChI=1S/C26H37N3O3/c1-30-24-15-19(16-25(31-2)26(24)32-3)17-28-21(11-8-14-27)10-5-4-9-20-18-29-23-13-7-6-12-22(20)23/h6-7,12-13,15-16,18,21,28-29H,4-5,8-11,14,17,27H2,1-3H3. The van der Waals surface area contributed by atoms with Crippen LogP contribution in [-0.2, 0) is 13.0 Å². The Bertz CT molecular complexity index is 945. The fourth-order valence-electron chi connectivity index (χ4n) is 4.26. The van der Waals surface area contributed by atoms with Crippen LogP contribution in [-0.4, -0.2) is 38.9 Å². The maximum Gasteiger partial charge on any atom is 0.203 e. The third kappa shape index (κ3) is 6.17. The van der Waals surface area contributed by atoms with Crippen molar-refractivity contribution in [1.82, 2.24) is 10.3 Å². The van der Waals surface area contributed by atoms with E-state index in [0.717, 1.165) is 44.3 Å². The highest BCUT2D eigenvalue weighted by molar-refractivity contribution is 5.82.